The molecule has 0 aromatic carbocycles. The fraction of sp³-hybridized carbons (Fsp3) is 0.417. The lowest BCUT2D eigenvalue weighted by Crippen LogP contribution is -2.27. The van der Waals surface area contributed by atoms with Crippen molar-refractivity contribution in [1.29, 1.82) is 0 Å². The van der Waals surface area contributed by atoms with E-state index in [4.69, 9.17) is 5.73 Å². The molecule has 2 rings (SSSR count). The third-order valence-corrected chi connectivity index (χ3v) is 2.73. The molecule has 1 fully saturated rings. The van der Waals surface area contributed by atoms with Gasteiger partial charge in [0.25, 0.3) is 0 Å². The van der Waals surface area contributed by atoms with Crippen molar-refractivity contribution in [3.63, 3.8) is 0 Å². The first kappa shape index (κ1) is 10.2. The Kier molecular flexibility index (Phi) is 3.02. The maximum Gasteiger partial charge on any atom is 0.0603 e. The highest BCUT2D eigenvalue weighted by Crippen LogP contribution is 2.32. The van der Waals surface area contributed by atoms with Crippen molar-refractivity contribution in [3.05, 3.63) is 36.7 Å². The van der Waals surface area contributed by atoms with Crippen LogP contribution in [0.4, 0.5) is 5.69 Å². The van der Waals surface area contributed by atoms with Crippen LogP contribution < -0.4 is 10.6 Å². The summed E-state index contributed by atoms with van der Waals surface area (Å²) >= 11 is 0. The van der Waals surface area contributed by atoms with Crippen LogP contribution in [0.25, 0.3) is 0 Å². The van der Waals surface area contributed by atoms with Gasteiger partial charge < -0.3 is 10.6 Å². The van der Waals surface area contributed by atoms with E-state index in [1.54, 1.807) is 6.20 Å². The SMILES string of the molecule is C=CCN(c1cnccc1CN)C1CC1. The second kappa shape index (κ2) is 4.45. The number of rotatable bonds is 5. The minimum absolute atomic E-state index is 0.568. The Labute approximate surface area is 90.6 Å². The molecule has 1 heterocycles. The highest BCUT2D eigenvalue weighted by atomic mass is 15.2. The van der Waals surface area contributed by atoms with Crippen molar-refractivity contribution in [2.45, 2.75) is 25.4 Å². The smallest absolute Gasteiger partial charge is 0.0603 e. The van der Waals surface area contributed by atoms with Crippen molar-refractivity contribution < 1.29 is 0 Å². The van der Waals surface area contributed by atoms with Crippen molar-refractivity contribution >= 4 is 5.69 Å². The van der Waals surface area contributed by atoms with E-state index >= 15 is 0 Å². The van der Waals surface area contributed by atoms with Crippen molar-refractivity contribution in [3.8, 4) is 0 Å². The monoisotopic (exact) mass is 203 g/mol. The molecule has 1 saturated carbocycles. The second-order valence-corrected chi connectivity index (χ2v) is 3.88. The molecule has 15 heavy (non-hydrogen) atoms. The van der Waals surface area contributed by atoms with Gasteiger partial charge in [-0.25, -0.2) is 0 Å². The molecule has 1 aliphatic carbocycles. The molecule has 3 nitrogen and oxygen atoms in total. The van der Waals surface area contributed by atoms with Gasteiger partial charge in [0.1, 0.15) is 0 Å². The van der Waals surface area contributed by atoms with Crippen LogP contribution in [-0.4, -0.2) is 17.6 Å². The van der Waals surface area contributed by atoms with Crippen molar-refractivity contribution in [2.75, 3.05) is 11.4 Å². The molecule has 0 aliphatic heterocycles. The molecule has 0 saturated heterocycles. The first-order valence-corrected chi connectivity index (χ1v) is 5.37. The first-order chi connectivity index (χ1) is 7.36. The minimum Gasteiger partial charge on any atom is -0.363 e. The van der Waals surface area contributed by atoms with E-state index in [0.717, 1.165) is 6.54 Å². The zero-order valence-electron chi connectivity index (χ0n) is 8.89. The van der Waals surface area contributed by atoms with Gasteiger partial charge >= 0.3 is 0 Å². The zero-order valence-corrected chi connectivity index (χ0v) is 8.89. The van der Waals surface area contributed by atoms with E-state index in [0.29, 0.717) is 12.6 Å². The molecule has 0 amide bonds. The van der Waals surface area contributed by atoms with Gasteiger partial charge in [0.2, 0.25) is 0 Å². The van der Waals surface area contributed by atoms with Gasteiger partial charge in [-0.15, -0.1) is 6.58 Å². The molecule has 0 bridgehead atoms. The quantitative estimate of drug-likeness (QED) is 0.740. The van der Waals surface area contributed by atoms with Gasteiger partial charge in [-0.3, -0.25) is 4.98 Å². The lowest BCUT2D eigenvalue weighted by molar-refractivity contribution is 0.844. The number of aromatic nitrogens is 1. The van der Waals surface area contributed by atoms with Crippen LogP contribution in [0.2, 0.25) is 0 Å². The number of hydrogen-bond acceptors (Lipinski definition) is 3. The average molecular weight is 203 g/mol. The van der Waals surface area contributed by atoms with Gasteiger partial charge in [-0.1, -0.05) is 6.08 Å². The van der Waals surface area contributed by atoms with Gasteiger partial charge in [0, 0.05) is 25.3 Å². The van der Waals surface area contributed by atoms with Crippen molar-refractivity contribution in [1.82, 2.24) is 4.98 Å². The van der Waals surface area contributed by atoms with Crippen LogP contribution >= 0.6 is 0 Å². The summed E-state index contributed by atoms with van der Waals surface area (Å²) in [5.41, 5.74) is 8.06. The van der Waals surface area contributed by atoms with E-state index in [-0.39, 0.29) is 0 Å². The average Bonchev–Trinajstić information content (AvgIpc) is 3.10. The summed E-state index contributed by atoms with van der Waals surface area (Å²) in [5.74, 6) is 0. The standard InChI is InChI=1S/C12H17N3/c1-2-7-15(11-3-4-11)12-9-14-6-5-10(12)8-13/h2,5-6,9,11H,1,3-4,7-8,13H2. The van der Waals surface area contributed by atoms with E-state index in [2.05, 4.69) is 16.5 Å². The second-order valence-electron chi connectivity index (χ2n) is 3.88. The Morgan fingerprint density at radius 3 is 3.00 bits per heavy atom. The molecule has 3 heteroatoms. The molecule has 2 N–H and O–H groups in total. The van der Waals surface area contributed by atoms with Gasteiger partial charge in [-0.2, -0.15) is 0 Å². The summed E-state index contributed by atoms with van der Waals surface area (Å²) in [6, 6.07) is 2.66. The van der Waals surface area contributed by atoms with Crippen LogP contribution in [0.15, 0.2) is 31.1 Å². The zero-order chi connectivity index (χ0) is 10.7. The fourth-order valence-corrected chi connectivity index (χ4v) is 1.82. The normalized spacial score (nSPS) is 15.0. The van der Waals surface area contributed by atoms with Crippen LogP contribution in [0, 0.1) is 0 Å². The first-order valence-electron chi connectivity index (χ1n) is 5.37. The molecule has 0 spiro atoms. The molecule has 1 aromatic heterocycles. The maximum atomic E-state index is 5.72. The van der Waals surface area contributed by atoms with Gasteiger partial charge in [0.05, 0.1) is 11.9 Å². The summed E-state index contributed by atoms with van der Waals surface area (Å²) < 4.78 is 0. The third-order valence-electron chi connectivity index (χ3n) is 2.73. The Balaban J connectivity index is 2.27. The minimum atomic E-state index is 0.568. The maximum absolute atomic E-state index is 5.72. The highest BCUT2D eigenvalue weighted by Gasteiger charge is 2.29. The van der Waals surface area contributed by atoms with Crippen LogP contribution in [0.1, 0.15) is 18.4 Å². The lowest BCUT2D eigenvalue weighted by Gasteiger charge is -2.24. The van der Waals surface area contributed by atoms with E-state index < -0.39 is 0 Å². The number of pyridine rings is 1. The molecule has 0 unspecified atom stereocenters. The summed E-state index contributed by atoms with van der Waals surface area (Å²) in [5, 5.41) is 0. The molecule has 1 aliphatic rings. The Bertz CT molecular complexity index is 344. The molecule has 0 radical (unpaired) electrons. The summed E-state index contributed by atoms with van der Waals surface area (Å²) in [4.78, 5) is 6.52. The fourth-order valence-electron chi connectivity index (χ4n) is 1.82. The number of nitrogens with zero attached hydrogens (tertiary/aromatic N) is 2. The lowest BCUT2D eigenvalue weighted by atomic mass is 10.2. The Morgan fingerprint density at radius 1 is 1.60 bits per heavy atom. The number of anilines is 1. The third kappa shape index (κ3) is 2.18. The van der Waals surface area contributed by atoms with Crippen LogP contribution in [0.3, 0.4) is 0 Å². The van der Waals surface area contributed by atoms with Crippen LogP contribution in [-0.2, 0) is 6.54 Å². The molecule has 0 atom stereocenters. The van der Waals surface area contributed by atoms with Gasteiger partial charge in [-0.05, 0) is 24.5 Å². The summed E-state index contributed by atoms with van der Waals surface area (Å²) in [6.07, 6.45) is 8.18. The predicted octanol–water partition coefficient (Wildman–Crippen LogP) is 1.70. The molecular formula is C12H17N3. The topological polar surface area (TPSA) is 42.2 Å². The summed E-state index contributed by atoms with van der Waals surface area (Å²) in [6.45, 7) is 5.24. The number of nitrogens with two attached hydrogens (primary N) is 1. The molecular weight excluding hydrogens is 186 g/mol. The molecule has 80 valence electrons. The summed E-state index contributed by atoms with van der Waals surface area (Å²) in [7, 11) is 0. The Hall–Kier alpha value is -1.35. The molecule has 1 aromatic rings. The van der Waals surface area contributed by atoms with Gasteiger partial charge in [0.15, 0.2) is 0 Å². The van der Waals surface area contributed by atoms with Crippen molar-refractivity contribution in [2.24, 2.45) is 5.73 Å². The predicted molar refractivity (Wildman–Crippen MR) is 62.7 cm³/mol. The Morgan fingerprint density at radius 2 is 2.40 bits per heavy atom. The van der Waals surface area contributed by atoms with Crippen LogP contribution in [0.5, 0.6) is 0 Å². The van der Waals surface area contributed by atoms with E-state index in [1.807, 2.05) is 18.3 Å². The highest BCUT2D eigenvalue weighted by molar-refractivity contribution is 5.54. The van der Waals surface area contributed by atoms with E-state index in [1.165, 1.54) is 24.1 Å². The largest absolute Gasteiger partial charge is 0.363 e. The number of hydrogen-bond donors (Lipinski definition) is 1. The van der Waals surface area contributed by atoms with E-state index in [9.17, 15) is 0 Å².